The third-order valence-corrected chi connectivity index (χ3v) is 10.5. The van der Waals surface area contributed by atoms with Gasteiger partial charge in [0.1, 0.15) is 12.6 Å². The maximum atomic E-state index is 12.8. The molecule has 0 amide bonds. The zero-order chi connectivity index (χ0) is 46.3. The fourth-order valence-corrected chi connectivity index (χ4v) is 6.65. The summed E-state index contributed by atoms with van der Waals surface area (Å²) in [5.41, 5.74) is 0. The predicted octanol–water partition coefficient (Wildman–Crippen LogP) is 12.9. The number of likely N-dealkylation sites (N-methyl/N-ethyl adjacent to an activating group) is 1. The molecule has 0 bridgehead atoms. The van der Waals surface area contributed by atoms with Crippen LogP contribution in [-0.4, -0.2) is 75.5 Å². The molecular weight excluding hydrogens is 787 g/mol. The molecular formula is C55H91NO7. The van der Waals surface area contributed by atoms with Gasteiger partial charge in [0, 0.05) is 19.3 Å². The lowest BCUT2D eigenvalue weighted by molar-refractivity contribution is -0.889. The highest BCUT2D eigenvalue weighted by molar-refractivity contribution is 5.70. The molecule has 0 saturated heterocycles. The number of aliphatic carboxylic acids is 1. The van der Waals surface area contributed by atoms with Crippen LogP contribution in [0.3, 0.4) is 0 Å². The Morgan fingerprint density at radius 3 is 1.38 bits per heavy atom. The van der Waals surface area contributed by atoms with Gasteiger partial charge in [-0.25, -0.2) is 0 Å². The first-order chi connectivity index (χ1) is 30.6. The number of carbonyl (C=O) groups excluding carboxylic acids is 3. The van der Waals surface area contributed by atoms with Crippen molar-refractivity contribution in [2.24, 2.45) is 0 Å². The molecule has 0 aromatic carbocycles. The average Bonchev–Trinajstić information content (AvgIpc) is 3.24. The van der Waals surface area contributed by atoms with Gasteiger partial charge in [0.25, 0.3) is 0 Å². The van der Waals surface area contributed by atoms with Crippen LogP contribution in [0.1, 0.15) is 181 Å². The summed E-state index contributed by atoms with van der Waals surface area (Å²) < 4.78 is 17.2. The van der Waals surface area contributed by atoms with E-state index in [1.165, 1.54) is 44.9 Å². The number of allylic oxidation sites excluding steroid dienone is 16. The smallest absolute Gasteiger partial charge is 0.306 e. The maximum absolute atomic E-state index is 12.8. The molecule has 63 heavy (non-hydrogen) atoms. The summed E-state index contributed by atoms with van der Waals surface area (Å²) >= 11 is 0. The monoisotopic (exact) mass is 878 g/mol. The Hall–Kier alpha value is -3.75. The quantitative estimate of drug-likeness (QED) is 0.0198. The van der Waals surface area contributed by atoms with Gasteiger partial charge in [-0.05, 0) is 83.5 Å². The molecule has 0 spiro atoms. The topological polar surface area (TPSA) is 102 Å². The fourth-order valence-electron chi connectivity index (χ4n) is 6.65. The van der Waals surface area contributed by atoms with E-state index in [4.69, 9.17) is 14.2 Å². The van der Waals surface area contributed by atoms with Gasteiger partial charge in [-0.2, -0.15) is 0 Å². The number of ether oxygens (including phenoxy) is 3. The molecule has 358 valence electrons. The molecule has 2 atom stereocenters. The van der Waals surface area contributed by atoms with E-state index in [1.54, 1.807) is 21.1 Å². The molecule has 0 saturated carbocycles. The summed E-state index contributed by atoms with van der Waals surface area (Å²) in [5.74, 6) is -1.80. The first kappa shape index (κ1) is 59.2. The summed E-state index contributed by atoms with van der Waals surface area (Å²) in [6, 6.07) is -0.740. The van der Waals surface area contributed by atoms with Gasteiger partial charge in [0.15, 0.2) is 6.10 Å². The zero-order valence-electron chi connectivity index (χ0n) is 40.7. The second-order valence-corrected chi connectivity index (χ2v) is 17.4. The van der Waals surface area contributed by atoms with Crippen LogP contribution in [0.15, 0.2) is 97.2 Å². The lowest BCUT2D eigenvalue weighted by Gasteiger charge is -2.34. The largest absolute Gasteiger partial charge is 0.544 e. The van der Waals surface area contributed by atoms with E-state index in [9.17, 15) is 19.5 Å². The van der Waals surface area contributed by atoms with E-state index >= 15 is 0 Å². The second kappa shape index (κ2) is 44.8. The summed E-state index contributed by atoms with van der Waals surface area (Å²) in [6.07, 6.45) is 59.9. The normalized spacial score (nSPS) is 13.7. The van der Waals surface area contributed by atoms with Gasteiger partial charge in [0.2, 0.25) is 0 Å². The third kappa shape index (κ3) is 43.3. The Labute approximate surface area is 386 Å². The van der Waals surface area contributed by atoms with E-state index in [0.29, 0.717) is 6.42 Å². The van der Waals surface area contributed by atoms with Gasteiger partial charge < -0.3 is 28.6 Å². The Morgan fingerprint density at radius 1 is 0.492 bits per heavy atom. The number of carbonyl (C=O) groups is 3. The first-order valence-electron chi connectivity index (χ1n) is 24.8. The van der Waals surface area contributed by atoms with Crippen molar-refractivity contribution in [1.29, 1.82) is 0 Å². The number of nitrogens with zero attached hydrogens (tertiary/aromatic N) is 1. The van der Waals surface area contributed by atoms with Crippen molar-refractivity contribution < 1.29 is 38.2 Å². The number of quaternary nitrogens is 1. The number of hydrogen-bond acceptors (Lipinski definition) is 7. The molecule has 0 aromatic heterocycles. The van der Waals surface area contributed by atoms with E-state index in [2.05, 4.69) is 105 Å². The summed E-state index contributed by atoms with van der Waals surface area (Å²) in [6.45, 7) is 4.54. The molecule has 0 N–H and O–H groups in total. The second-order valence-electron chi connectivity index (χ2n) is 17.4. The van der Waals surface area contributed by atoms with Gasteiger partial charge in [0.05, 0.1) is 40.3 Å². The number of rotatable bonds is 43. The Kier molecular flexibility index (Phi) is 42.2. The highest BCUT2D eigenvalue weighted by Gasteiger charge is 2.25. The molecule has 0 fully saturated rings. The third-order valence-electron chi connectivity index (χ3n) is 10.5. The van der Waals surface area contributed by atoms with E-state index in [0.717, 1.165) is 103 Å². The summed E-state index contributed by atoms with van der Waals surface area (Å²) in [5, 5.41) is 11.7. The minimum atomic E-state index is -1.14. The molecule has 0 aliphatic rings. The van der Waals surface area contributed by atoms with Crippen LogP contribution in [0.5, 0.6) is 0 Å². The van der Waals surface area contributed by atoms with Gasteiger partial charge in [-0.3, -0.25) is 9.59 Å². The Morgan fingerprint density at radius 2 is 0.905 bits per heavy atom. The van der Waals surface area contributed by atoms with Gasteiger partial charge in [-0.15, -0.1) is 0 Å². The van der Waals surface area contributed by atoms with Crippen molar-refractivity contribution in [3.8, 4) is 0 Å². The minimum Gasteiger partial charge on any atom is -0.544 e. The SMILES string of the molecule is CCCCC/C=C/C=C/C=C/C=C/CCCCCCCC(=O)OCC(COCCC(C(=O)[O-])[N+](C)(C)C)OC(=O)CCCCCCC/C=C/C/C=C/C/C=C/C/C=C/CCCCC. The maximum Gasteiger partial charge on any atom is 0.306 e. The fraction of sp³-hybridized carbons (Fsp3) is 0.655. The van der Waals surface area contributed by atoms with E-state index in [1.807, 2.05) is 6.08 Å². The lowest BCUT2D eigenvalue weighted by Crippen LogP contribution is -2.55. The van der Waals surface area contributed by atoms with Crippen molar-refractivity contribution in [3.63, 3.8) is 0 Å². The van der Waals surface area contributed by atoms with Crippen LogP contribution in [0.4, 0.5) is 0 Å². The Bertz CT molecular complexity index is 1350. The number of carboxylic acid groups (broad SMARTS) is 1. The van der Waals surface area contributed by atoms with Crippen molar-refractivity contribution in [2.75, 3.05) is 41.0 Å². The lowest BCUT2D eigenvalue weighted by atomic mass is 10.1. The van der Waals surface area contributed by atoms with Crippen molar-refractivity contribution in [1.82, 2.24) is 0 Å². The van der Waals surface area contributed by atoms with Crippen molar-refractivity contribution in [3.05, 3.63) is 97.2 Å². The van der Waals surface area contributed by atoms with Crippen LogP contribution >= 0.6 is 0 Å². The first-order valence-corrected chi connectivity index (χ1v) is 24.8. The van der Waals surface area contributed by atoms with Gasteiger partial charge >= 0.3 is 11.9 Å². The highest BCUT2D eigenvalue weighted by Crippen LogP contribution is 2.13. The molecule has 0 heterocycles. The van der Waals surface area contributed by atoms with Gasteiger partial charge in [-0.1, -0.05) is 175 Å². The van der Waals surface area contributed by atoms with Crippen LogP contribution in [0.2, 0.25) is 0 Å². The molecule has 0 aliphatic heterocycles. The van der Waals surface area contributed by atoms with Crippen molar-refractivity contribution in [2.45, 2.75) is 193 Å². The van der Waals surface area contributed by atoms with Crippen LogP contribution in [0, 0.1) is 0 Å². The molecule has 8 heteroatoms. The van der Waals surface area contributed by atoms with Crippen LogP contribution < -0.4 is 5.11 Å². The number of esters is 2. The number of unbranched alkanes of at least 4 members (excludes halogenated alkanes) is 16. The highest BCUT2D eigenvalue weighted by atomic mass is 16.6. The number of hydrogen-bond donors (Lipinski definition) is 0. The van der Waals surface area contributed by atoms with E-state index < -0.39 is 18.1 Å². The zero-order valence-corrected chi connectivity index (χ0v) is 40.7. The summed E-state index contributed by atoms with van der Waals surface area (Å²) in [7, 11) is 5.39. The van der Waals surface area contributed by atoms with Crippen LogP contribution in [0.25, 0.3) is 0 Å². The van der Waals surface area contributed by atoms with Crippen LogP contribution in [-0.2, 0) is 28.6 Å². The minimum absolute atomic E-state index is 0.0187. The predicted molar refractivity (Wildman–Crippen MR) is 263 cm³/mol. The average molecular weight is 878 g/mol. The molecule has 0 radical (unpaired) electrons. The standard InChI is InChI=1S/C55H91NO7/c1-6-8-10-12-14-16-18-20-22-24-26-27-28-30-32-34-36-38-40-42-44-46-54(58)63-51(49-61-48-47-52(55(59)60)56(3,4)5)50-62-53(57)45-43-41-39-37-35-33-31-29-25-23-21-19-17-15-13-11-9-7-2/h14-17,19-23,25-27,29-32,51-52H,6-13,18,24,28,33-50H2,1-5H3/b16-14+,17-15+,21-19+,22-20+,25-23+,27-26+,31-29+,32-30+. The molecule has 0 aromatic rings. The number of carboxylic acids is 1. The Balaban J connectivity index is 4.40. The van der Waals surface area contributed by atoms with Crippen molar-refractivity contribution >= 4 is 17.9 Å². The molecule has 0 aliphatic carbocycles. The molecule has 0 rings (SSSR count). The summed E-state index contributed by atoms with van der Waals surface area (Å²) in [4.78, 5) is 37.0. The molecule has 8 nitrogen and oxygen atoms in total. The van der Waals surface area contributed by atoms with E-state index in [-0.39, 0.29) is 49.1 Å². The molecule has 2 unspecified atom stereocenters.